The molecule has 6 nitrogen and oxygen atoms in total. The third-order valence-corrected chi connectivity index (χ3v) is 4.85. The predicted molar refractivity (Wildman–Crippen MR) is 104 cm³/mol. The zero-order chi connectivity index (χ0) is 18.2. The average Bonchev–Trinajstić information content (AvgIpc) is 2.62. The number of benzene rings is 1. The number of likely N-dealkylation sites (N-methyl/N-ethyl adjacent to an activating group) is 1. The van der Waals surface area contributed by atoms with Gasteiger partial charge in [-0.25, -0.2) is 0 Å². The number of nitrogens with zero attached hydrogens (tertiary/aromatic N) is 2. The molecule has 1 heterocycles. The van der Waals surface area contributed by atoms with E-state index in [1.807, 2.05) is 18.2 Å². The average molecular weight is 345 g/mol. The second-order valence-corrected chi connectivity index (χ2v) is 6.44. The maximum Gasteiger partial charge on any atom is 0.225 e. The molecule has 2 rings (SSSR count). The smallest absolute Gasteiger partial charge is 0.225 e. The van der Waals surface area contributed by atoms with Gasteiger partial charge in [-0.2, -0.15) is 0 Å². The van der Waals surface area contributed by atoms with E-state index >= 15 is 0 Å². The zero-order valence-electron chi connectivity index (χ0n) is 15.8. The third-order valence-electron chi connectivity index (χ3n) is 4.85. The summed E-state index contributed by atoms with van der Waals surface area (Å²) in [6, 6.07) is 8.44. The highest BCUT2D eigenvalue weighted by Gasteiger charge is 2.24. The third kappa shape index (κ3) is 5.19. The molecule has 1 amide bonds. The van der Waals surface area contributed by atoms with Crippen LogP contribution in [0.3, 0.4) is 0 Å². The van der Waals surface area contributed by atoms with E-state index < -0.39 is 0 Å². The van der Waals surface area contributed by atoms with Crippen molar-refractivity contribution < 1.29 is 4.79 Å². The molecule has 1 aliphatic rings. The number of amides is 1. The molecule has 2 atom stereocenters. The summed E-state index contributed by atoms with van der Waals surface area (Å²) in [4.78, 5) is 18.6. The monoisotopic (exact) mass is 345 g/mol. The Balaban J connectivity index is 1.90. The molecule has 0 saturated carbocycles. The first-order chi connectivity index (χ1) is 12.1. The van der Waals surface area contributed by atoms with E-state index in [0.717, 1.165) is 31.3 Å². The normalized spacial score (nSPS) is 18.5. The number of aliphatic imine (C=N–C) groups is 1. The Morgan fingerprint density at radius 3 is 2.72 bits per heavy atom. The van der Waals surface area contributed by atoms with Crippen LogP contribution in [0, 0.1) is 0 Å². The standard InChI is InChI=1S/C19H31N5O/c1-5-24(6-2)14(3)12-21-19(20-4)22-13-15-11-18(25)23-17-10-8-7-9-16(15)17/h7-10,14-15H,5-6,11-13H2,1-4H3,(H,23,25)(H2,20,21,22). The molecule has 0 aromatic heterocycles. The van der Waals surface area contributed by atoms with Gasteiger partial charge in [0.25, 0.3) is 0 Å². The maximum absolute atomic E-state index is 11.9. The van der Waals surface area contributed by atoms with Gasteiger partial charge in [0.05, 0.1) is 0 Å². The summed E-state index contributed by atoms with van der Waals surface area (Å²) in [6.07, 6.45) is 0.497. The predicted octanol–water partition coefficient (Wildman–Crippen LogP) is 2.01. The lowest BCUT2D eigenvalue weighted by atomic mass is 9.90. The lowest BCUT2D eigenvalue weighted by Gasteiger charge is -2.28. The van der Waals surface area contributed by atoms with Crippen LogP contribution < -0.4 is 16.0 Å². The first kappa shape index (κ1) is 19.2. The van der Waals surface area contributed by atoms with Crippen molar-refractivity contribution in [2.24, 2.45) is 4.99 Å². The van der Waals surface area contributed by atoms with Crippen LogP contribution in [0.1, 0.15) is 38.7 Å². The van der Waals surface area contributed by atoms with E-state index in [1.54, 1.807) is 7.05 Å². The van der Waals surface area contributed by atoms with Crippen molar-refractivity contribution in [3.63, 3.8) is 0 Å². The number of anilines is 1. The van der Waals surface area contributed by atoms with Crippen LogP contribution in [0.5, 0.6) is 0 Å². The number of nitrogens with one attached hydrogen (secondary N) is 3. The molecule has 25 heavy (non-hydrogen) atoms. The first-order valence-electron chi connectivity index (χ1n) is 9.16. The number of carbonyl (C=O) groups is 1. The minimum absolute atomic E-state index is 0.0728. The molecule has 2 unspecified atom stereocenters. The fraction of sp³-hybridized carbons (Fsp3) is 0.579. The number of para-hydroxylation sites is 1. The van der Waals surface area contributed by atoms with Gasteiger partial charge in [-0.05, 0) is 31.6 Å². The topological polar surface area (TPSA) is 68.8 Å². The van der Waals surface area contributed by atoms with E-state index in [0.29, 0.717) is 19.0 Å². The van der Waals surface area contributed by atoms with Gasteiger partial charge in [0.15, 0.2) is 5.96 Å². The Labute approximate surface area is 151 Å². The van der Waals surface area contributed by atoms with Crippen molar-refractivity contribution in [1.29, 1.82) is 0 Å². The van der Waals surface area contributed by atoms with Gasteiger partial charge in [-0.3, -0.25) is 14.7 Å². The number of hydrogen-bond donors (Lipinski definition) is 3. The van der Waals surface area contributed by atoms with E-state index in [-0.39, 0.29) is 11.8 Å². The minimum atomic E-state index is 0.0728. The molecular formula is C19H31N5O. The van der Waals surface area contributed by atoms with Crippen LogP contribution in [0.4, 0.5) is 5.69 Å². The van der Waals surface area contributed by atoms with Crippen LogP contribution in [0.25, 0.3) is 0 Å². The lowest BCUT2D eigenvalue weighted by Crippen LogP contribution is -2.47. The van der Waals surface area contributed by atoms with E-state index in [2.05, 4.69) is 52.7 Å². The molecule has 0 bridgehead atoms. The van der Waals surface area contributed by atoms with Crippen molar-refractivity contribution in [2.75, 3.05) is 38.5 Å². The van der Waals surface area contributed by atoms with Gasteiger partial charge in [0, 0.05) is 44.2 Å². The number of fused-ring (bicyclic) bond motifs is 1. The van der Waals surface area contributed by atoms with Gasteiger partial charge in [0.1, 0.15) is 0 Å². The Bertz CT molecular complexity index is 597. The molecule has 1 aromatic carbocycles. The Hall–Kier alpha value is -2.08. The molecule has 1 aromatic rings. The van der Waals surface area contributed by atoms with Crippen LogP contribution >= 0.6 is 0 Å². The second kappa shape index (κ2) is 9.42. The SMILES string of the molecule is CCN(CC)C(C)CNC(=NC)NCC1CC(=O)Nc2ccccc21. The Morgan fingerprint density at radius 2 is 2.04 bits per heavy atom. The summed E-state index contributed by atoms with van der Waals surface area (Å²) in [6.45, 7) is 10.2. The number of guanidine groups is 1. The molecule has 0 fully saturated rings. The number of rotatable bonds is 7. The van der Waals surface area contributed by atoms with E-state index in [4.69, 9.17) is 0 Å². The van der Waals surface area contributed by atoms with Crippen LogP contribution in [0.2, 0.25) is 0 Å². The van der Waals surface area contributed by atoms with Gasteiger partial charge < -0.3 is 16.0 Å². The van der Waals surface area contributed by atoms with E-state index in [1.165, 1.54) is 5.56 Å². The zero-order valence-corrected chi connectivity index (χ0v) is 15.8. The van der Waals surface area contributed by atoms with E-state index in [9.17, 15) is 4.79 Å². The quantitative estimate of drug-likeness (QED) is 0.522. The lowest BCUT2D eigenvalue weighted by molar-refractivity contribution is -0.116. The molecule has 3 N–H and O–H groups in total. The van der Waals surface area contributed by atoms with Gasteiger partial charge >= 0.3 is 0 Å². The summed E-state index contributed by atoms with van der Waals surface area (Å²) >= 11 is 0. The maximum atomic E-state index is 11.9. The fourth-order valence-corrected chi connectivity index (χ4v) is 3.34. The van der Waals surface area contributed by atoms with Crippen molar-refractivity contribution in [3.8, 4) is 0 Å². The summed E-state index contributed by atoms with van der Waals surface area (Å²) in [5, 5.41) is 9.70. The summed E-state index contributed by atoms with van der Waals surface area (Å²) < 4.78 is 0. The summed E-state index contributed by atoms with van der Waals surface area (Å²) in [7, 11) is 1.78. The highest BCUT2D eigenvalue weighted by molar-refractivity contribution is 5.94. The van der Waals surface area contributed by atoms with Crippen molar-refractivity contribution in [3.05, 3.63) is 29.8 Å². The Kier molecular flexibility index (Phi) is 7.25. The fourth-order valence-electron chi connectivity index (χ4n) is 3.34. The molecule has 1 aliphatic heterocycles. The molecule has 0 radical (unpaired) electrons. The number of carbonyl (C=O) groups excluding carboxylic acids is 1. The highest BCUT2D eigenvalue weighted by Crippen LogP contribution is 2.31. The number of hydrogen-bond acceptors (Lipinski definition) is 3. The first-order valence-corrected chi connectivity index (χ1v) is 9.16. The van der Waals surface area contributed by atoms with Gasteiger partial charge in [0.2, 0.25) is 5.91 Å². The van der Waals surface area contributed by atoms with Crippen LogP contribution in [0.15, 0.2) is 29.3 Å². The molecule has 0 aliphatic carbocycles. The molecule has 0 saturated heterocycles. The minimum Gasteiger partial charge on any atom is -0.356 e. The largest absolute Gasteiger partial charge is 0.356 e. The summed E-state index contributed by atoms with van der Waals surface area (Å²) in [5.41, 5.74) is 2.10. The summed E-state index contributed by atoms with van der Waals surface area (Å²) in [5.74, 6) is 1.01. The van der Waals surface area contributed by atoms with Crippen molar-refractivity contribution >= 4 is 17.6 Å². The van der Waals surface area contributed by atoms with Crippen LogP contribution in [-0.2, 0) is 4.79 Å². The molecule has 138 valence electrons. The highest BCUT2D eigenvalue weighted by atomic mass is 16.1. The Morgan fingerprint density at radius 1 is 1.32 bits per heavy atom. The van der Waals surface area contributed by atoms with Crippen LogP contribution in [-0.4, -0.2) is 56.0 Å². The second-order valence-electron chi connectivity index (χ2n) is 6.44. The van der Waals surface area contributed by atoms with Crippen molar-refractivity contribution in [2.45, 2.75) is 39.2 Å². The molecule has 0 spiro atoms. The molecular weight excluding hydrogens is 314 g/mol. The molecule has 6 heteroatoms. The van der Waals surface area contributed by atoms with Gasteiger partial charge in [-0.15, -0.1) is 0 Å². The van der Waals surface area contributed by atoms with Crippen molar-refractivity contribution in [1.82, 2.24) is 15.5 Å². The van der Waals surface area contributed by atoms with Gasteiger partial charge in [-0.1, -0.05) is 32.0 Å².